The van der Waals surface area contributed by atoms with E-state index in [2.05, 4.69) is 20.0 Å². The van der Waals surface area contributed by atoms with Crippen LogP contribution in [0.3, 0.4) is 0 Å². The molecule has 0 bridgehead atoms. The molecule has 1 atom stereocenters. The first-order chi connectivity index (χ1) is 8.56. The lowest BCUT2D eigenvalue weighted by molar-refractivity contribution is 0.0962. The maximum atomic E-state index is 11.8. The van der Waals surface area contributed by atoms with Crippen LogP contribution in [0.1, 0.15) is 22.7 Å². The molecule has 0 saturated carbocycles. The van der Waals surface area contributed by atoms with E-state index in [1.165, 1.54) is 6.34 Å². The Balaban J connectivity index is 1.89. The van der Waals surface area contributed by atoms with Crippen molar-refractivity contribution in [2.75, 3.05) is 6.54 Å². The second-order valence-electron chi connectivity index (χ2n) is 3.95. The van der Waals surface area contributed by atoms with E-state index in [-0.39, 0.29) is 18.2 Å². The summed E-state index contributed by atoms with van der Waals surface area (Å²) >= 11 is 0. The number of hydrogen-bond acceptors (Lipinski definition) is 7. The molecule has 18 heavy (non-hydrogen) atoms. The van der Waals surface area contributed by atoms with Gasteiger partial charge in [-0.15, -0.1) is 0 Å². The van der Waals surface area contributed by atoms with Crippen LogP contribution >= 0.6 is 0 Å². The van der Waals surface area contributed by atoms with Gasteiger partial charge in [0.05, 0.1) is 12.0 Å². The fourth-order valence-electron chi connectivity index (χ4n) is 1.54. The van der Waals surface area contributed by atoms with Gasteiger partial charge >= 0.3 is 0 Å². The number of guanidine groups is 1. The number of rotatable bonds is 4. The molecule has 0 amide bonds. The van der Waals surface area contributed by atoms with Crippen LogP contribution in [0.25, 0.3) is 0 Å². The van der Waals surface area contributed by atoms with Crippen LogP contribution in [0.2, 0.25) is 0 Å². The third-order valence-electron chi connectivity index (χ3n) is 2.51. The minimum atomic E-state index is -0.589. The minimum absolute atomic E-state index is 0.0776. The van der Waals surface area contributed by atoms with Crippen molar-refractivity contribution in [3.8, 4) is 0 Å². The fourth-order valence-corrected chi connectivity index (χ4v) is 1.54. The lowest BCUT2D eigenvalue weighted by atomic mass is 10.2. The molecular formula is C10H15N7O. The summed E-state index contributed by atoms with van der Waals surface area (Å²) in [7, 11) is 0. The summed E-state index contributed by atoms with van der Waals surface area (Å²) in [6, 6.07) is 0. The van der Waals surface area contributed by atoms with E-state index in [9.17, 15) is 4.79 Å². The highest BCUT2D eigenvalue weighted by atomic mass is 16.1. The van der Waals surface area contributed by atoms with Crippen LogP contribution < -0.4 is 11.5 Å². The van der Waals surface area contributed by atoms with Crippen LogP contribution in [0.15, 0.2) is 16.2 Å². The third kappa shape index (κ3) is 2.72. The first kappa shape index (κ1) is 12.2. The topological polar surface area (TPSA) is 126 Å². The van der Waals surface area contributed by atoms with Gasteiger partial charge < -0.3 is 15.6 Å². The van der Waals surface area contributed by atoms with Crippen LogP contribution in [0.4, 0.5) is 0 Å². The van der Waals surface area contributed by atoms with Crippen LogP contribution in [-0.4, -0.2) is 45.8 Å². The average Bonchev–Trinajstić information content (AvgIpc) is 2.74. The number of hydrogen-bond donors (Lipinski definition) is 3. The number of aromatic amines is 1. The van der Waals surface area contributed by atoms with Gasteiger partial charge in [-0.05, 0) is 6.92 Å². The Kier molecular flexibility index (Phi) is 3.38. The molecule has 2 rings (SSSR count). The molecule has 0 saturated heterocycles. The van der Waals surface area contributed by atoms with Gasteiger partial charge in [-0.2, -0.15) is 0 Å². The minimum Gasteiger partial charge on any atom is -0.368 e. The predicted octanol–water partition coefficient (Wildman–Crippen LogP) is -0.808. The molecule has 1 aliphatic rings. The Morgan fingerprint density at radius 3 is 3.00 bits per heavy atom. The number of aliphatic imine (C=N–C) groups is 2. The summed E-state index contributed by atoms with van der Waals surface area (Å²) in [6.07, 6.45) is 2.87. The van der Waals surface area contributed by atoms with E-state index in [0.29, 0.717) is 12.4 Å². The molecule has 1 unspecified atom stereocenters. The van der Waals surface area contributed by atoms with Crippen molar-refractivity contribution in [1.29, 1.82) is 0 Å². The van der Waals surface area contributed by atoms with Gasteiger partial charge in [0, 0.05) is 19.2 Å². The van der Waals surface area contributed by atoms with Gasteiger partial charge in [0.2, 0.25) is 5.96 Å². The average molecular weight is 249 g/mol. The molecule has 0 spiro atoms. The molecule has 1 aromatic heterocycles. The Hall–Kier alpha value is -2.22. The highest BCUT2D eigenvalue weighted by Gasteiger charge is 2.17. The van der Waals surface area contributed by atoms with Gasteiger partial charge in [0.15, 0.2) is 17.9 Å². The molecule has 0 aliphatic carbocycles. The van der Waals surface area contributed by atoms with Crippen LogP contribution in [0.5, 0.6) is 0 Å². The molecule has 0 radical (unpaired) electrons. The second-order valence-corrected chi connectivity index (χ2v) is 3.95. The molecule has 2 heterocycles. The molecule has 0 aromatic carbocycles. The normalized spacial score (nSPS) is 18.9. The number of nitrogens with two attached hydrogens (primary N) is 2. The number of carbonyl (C=O) groups excluding carboxylic acids is 1. The van der Waals surface area contributed by atoms with Crippen molar-refractivity contribution >= 4 is 18.1 Å². The maximum Gasteiger partial charge on any atom is 0.219 e. The number of H-pyrrole nitrogens is 1. The molecule has 96 valence electrons. The van der Waals surface area contributed by atoms with Crippen molar-refractivity contribution < 1.29 is 4.79 Å². The molecule has 1 aromatic rings. The number of aryl methyl sites for hydroxylation is 1. The highest BCUT2D eigenvalue weighted by molar-refractivity contribution is 5.93. The highest BCUT2D eigenvalue weighted by Crippen LogP contribution is 2.04. The Labute approximate surface area is 104 Å². The number of carbonyl (C=O) groups is 1. The zero-order valence-corrected chi connectivity index (χ0v) is 10.00. The summed E-state index contributed by atoms with van der Waals surface area (Å²) < 4.78 is 0. The van der Waals surface area contributed by atoms with Crippen molar-refractivity contribution in [3.63, 3.8) is 0 Å². The first-order valence-electron chi connectivity index (χ1n) is 5.50. The quantitative estimate of drug-likeness (QED) is 0.602. The van der Waals surface area contributed by atoms with Gasteiger partial charge in [-0.1, -0.05) is 0 Å². The van der Waals surface area contributed by atoms with Crippen molar-refractivity contribution in [2.24, 2.45) is 21.5 Å². The summed E-state index contributed by atoms with van der Waals surface area (Å²) in [4.78, 5) is 28.1. The number of aromatic nitrogens is 2. The number of ketones is 1. The summed E-state index contributed by atoms with van der Waals surface area (Å²) in [5, 5.41) is 0. The third-order valence-corrected chi connectivity index (χ3v) is 2.51. The number of nitrogens with one attached hydrogen (secondary N) is 1. The zero-order valence-electron chi connectivity index (χ0n) is 10.00. The van der Waals surface area contributed by atoms with Crippen molar-refractivity contribution in [3.05, 3.63) is 17.7 Å². The molecule has 8 heteroatoms. The monoisotopic (exact) mass is 249 g/mol. The lowest BCUT2D eigenvalue weighted by Gasteiger charge is -2.25. The Bertz CT molecular complexity index is 504. The smallest absolute Gasteiger partial charge is 0.219 e. The standard InChI is InChI=1S/C10H15N7O/c1-6-4-13-8(15-6)7(18)2-3-17-5-14-9(11)16-10(17)12/h4-5,10H,2-3,12H2,1H3,(H2,11,16)(H,13,15). The van der Waals surface area contributed by atoms with Crippen molar-refractivity contribution in [2.45, 2.75) is 19.6 Å². The van der Waals surface area contributed by atoms with Gasteiger partial charge in [-0.25, -0.2) is 15.0 Å². The number of nitrogens with zero attached hydrogens (tertiary/aromatic N) is 4. The fraction of sp³-hybridized carbons (Fsp3) is 0.400. The molecule has 8 nitrogen and oxygen atoms in total. The van der Waals surface area contributed by atoms with Crippen molar-refractivity contribution in [1.82, 2.24) is 14.9 Å². The van der Waals surface area contributed by atoms with E-state index >= 15 is 0 Å². The van der Waals surface area contributed by atoms with Gasteiger partial charge in [0.1, 0.15) is 0 Å². The summed E-state index contributed by atoms with van der Waals surface area (Å²) in [6.45, 7) is 2.23. The van der Waals surface area contributed by atoms with E-state index in [1.807, 2.05) is 6.92 Å². The summed E-state index contributed by atoms with van der Waals surface area (Å²) in [5.74, 6) is 0.427. The van der Waals surface area contributed by atoms with E-state index in [4.69, 9.17) is 11.5 Å². The number of imidazole rings is 1. The van der Waals surface area contributed by atoms with E-state index < -0.39 is 6.29 Å². The molecular weight excluding hydrogens is 234 g/mol. The second kappa shape index (κ2) is 4.96. The molecule has 5 N–H and O–H groups in total. The largest absolute Gasteiger partial charge is 0.368 e. The number of Topliss-reactive ketones (excluding diaryl/α,β-unsaturated/α-hetero) is 1. The summed E-state index contributed by atoms with van der Waals surface area (Å²) in [5.41, 5.74) is 11.9. The molecule has 0 fully saturated rings. The van der Waals surface area contributed by atoms with Crippen LogP contribution in [-0.2, 0) is 0 Å². The predicted molar refractivity (Wildman–Crippen MR) is 67.1 cm³/mol. The van der Waals surface area contributed by atoms with Crippen LogP contribution in [0, 0.1) is 6.92 Å². The Morgan fingerprint density at radius 2 is 2.39 bits per heavy atom. The van der Waals surface area contributed by atoms with E-state index in [0.717, 1.165) is 5.69 Å². The maximum absolute atomic E-state index is 11.8. The molecule has 1 aliphatic heterocycles. The Morgan fingerprint density at radius 1 is 1.61 bits per heavy atom. The van der Waals surface area contributed by atoms with Gasteiger partial charge in [0.25, 0.3) is 0 Å². The first-order valence-corrected chi connectivity index (χ1v) is 5.50. The van der Waals surface area contributed by atoms with E-state index in [1.54, 1.807) is 11.1 Å². The van der Waals surface area contributed by atoms with Gasteiger partial charge in [-0.3, -0.25) is 10.5 Å². The SMILES string of the molecule is Cc1c[nH]c(C(=O)CCN2C=NC(N)=NC2N)n1. The lowest BCUT2D eigenvalue weighted by Crippen LogP contribution is -2.44. The zero-order chi connectivity index (χ0) is 13.1.